The van der Waals surface area contributed by atoms with Gasteiger partial charge in [0.25, 0.3) is 10.0 Å². The lowest BCUT2D eigenvalue weighted by Gasteiger charge is -2.24. The molecule has 2 rings (SSSR count). The maximum Gasteiger partial charge on any atom is 0.264 e. The molecule has 0 aromatic heterocycles. The van der Waals surface area contributed by atoms with Crippen molar-refractivity contribution in [2.75, 3.05) is 17.9 Å². The van der Waals surface area contributed by atoms with Gasteiger partial charge in [0.1, 0.15) is 6.54 Å². The van der Waals surface area contributed by atoms with Crippen LogP contribution in [0.25, 0.3) is 0 Å². The standard InChI is InChI=1S/C19H18N2O4S/c1-4-15-7-5-9-17(11-15)21(13-19(23)20-3)26(24,25)18-10-6-8-16(12-18)14(2)22/h1,5-12H,13H2,2-3H3,(H,20,23). The van der Waals surface area contributed by atoms with Crippen molar-refractivity contribution in [3.63, 3.8) is 0 Å². The third-order valence-electron chi connectivity index (χ3n) is 3.70. The van der Waals surface area contributed by atoms with Gasteiger partial charge in [0, 0.05) is 18.2 Å². The molecule has 1 N–H and O–H groups in total. The zero-order valence-electron chi connectivity index (χ0n) is 14.4. The van der Waals surface area contributed by atoms with E-state index in [9.17, 15) is 18.0 Å². The molecule has 2 aromatic rings. The first-order chi connectivity index (χ1) is 12.3. The maximum atomic E-state index is 13.1. The molecule has 0 saturated carbocycles. The summed E-state index contributed by atoms with van der Waals surface area (Å²) in [4.78, 5) is 23.4. The summed E-state index contributed by atoms with van der Waals surface area (Å²) < 4.78 is 27.2. The first-order valence-corrected chi connectivity index (χ1v) is 9.14. The van der Waals surface area contributed by atoms with Crippen molar-refractivity contribution in [3.05, 3.63) is 59.7 Å². The van der Waals surface area contributed by atoms with Crippen molar-refractivity contribution < 1.29 is 18.0 Å². The number of benzene rings is 2. The van der Waals surface area contributed by atoms with Gasteiger partial charge in [-0.05, 0) is 37.3 Å². The lowest BCUT2D eigenvalue weighted by molar-refractivity contribution is -0.119. The van der Waals surface area contributed by atoms with Crippen LogP contribution in [0.1, 0.15) is 22.8 Å². The molecule has 0 atom stereocenters. The molecule has 0 aliphatic carbocycles. The number of hydrogen-bond donors (Lipinski definition) is 1. The highest BCUT2D eigenvalue weighted by molar-refractivity contribution is 7.92. The Morgan fingerprint density at radius 1 is 1.15 bits per heavy atom. The van der Waals surface area contributed by atoms with Crippen LogP contribution in [0, 0.1) is 12.3 Å². The summed E-state index contributed by atoms with van der Waals surface area (Å²) in [5.74, 6) is 1.70. The second kappa shape index (κ2) is 7.85. The van der Waals surface area contributed by atoms with E-state index < -0.39 is 22.5 Å². The van der Waals surface area contributed by atoms with Crippen LogP contribution in [0.4, 0.5) is 5.69 Å². The average Bonchev–Trinajstić information content (AvgIpc) is 2.65. The number of sulfonamides is 1. The van der Waals surface area contributed by atoms with Crippen LogP contribution in [0.3, 0.4) is 0 Å². The molecule has 0 fully saturated rings. The minimum Gasteiger partial charge on any atom is -0.358 e. The molecule has 0 heterocycles. The minimum atomic E-state index is -4.09. The van der Waals surface area contributed by atoms with Crippen LogP contribution in [0.5, 0.6) is 0 Å². The molecule has 0 spiro atoms. The molecule has 134 valence electrons. The summed E-state index contributed by atoms with van der Waals surface area (Å²) in [6.07, 6.45) is 5.38. The molecule has 0 aliphatic rings. The number of nitrogens with one attached hydrogen (secondary N) is 1. The number of nitrogens with zero attached hydrogens (tertiary/aromatic N) is 1. The normalized spacial score (nSPS) is 10.7. The van der Waals surface area contributed by atoms with E-state index in [1.807, 2.05) is 0 Å². The molecule has 6 nitrogen and oxygen atoms in total. The summed E-state index contributed by atoms with van der Waals surface area (Å²) in [6.45, 7) is 0.932. The lowest BCUT2D eigenvalue weighted by Crippen LogP contribution is -2.39. The fourth-order valence-corrected chi connectivity index (χ4v) is 3.74. The first-order valence-electron chi connectivity index (χ1n) is 7.70. The largest absolute Gasteiger partial charge is 0.358 e. The minimum absolute atomic E-state index is 0.0831. The molecule has 0 unspecified atom stereocenters. The van der Waals surface area contributed by atoms with Crippen molar-refractivity contribution in [3.8, 4) is 12.3 Å². The van der Waals surface area contributed by atoms with Crippen molar-refractivity contribution in [1.82, 2.24) is 5.32 Å². The third kappa shape index (κ3) is 4.10. The van der Waals surface area contributed by atoms with Gasteiger partial charge < -0.3 is 5.32 Å². The van der Waals surface area contributed by atoms with Gasteiger partial charge in [0.2, 0.25) is 5.91 Å². The van der Waals surface area contributed by atoms with Crippen LogP contribution in [0.15, 0.2) is 53.4 Å². The fraction of sp³-hybridized carbons (Fsp3) is 0.158. The predicted molar refractivity (Wildman–Crippen MR) is 99.4 cm³/mol. The molecule has 26 heavy (non-hydrogen) atoms. The predicted octanol–water partition coefficient (Wildman–Crippen LogP) is 1.81. The average molecular weight is 370 g/mol. The number of rotatable bonds is 6. The number of likely N-dealkylation sites (N-methyl/N-ethyl adjacent to an activating group) is 1. The highest BCUT2D eigenvalue weighted by Gasteiger charge is 2.27. The quantitative estimate of drug-likeness (QED) is 0.621. The zero-order chi connectivity index (χ0) is 19.3. The number of carbonyl (C=O) groups excluding carboxylic acids is 2. The molecule has 7 heteroatoms. The van der Waals surface area contributed by atoms with E-state index in [2.05, 4.69) is 11.2 Å². The lowest BCUT2D eigenvalue weighted by atomic mass is 10.2. The number of carbonyl (C=O) groups is 2. The monoisotopic (exact) mass is 370 g/mol. The molecular weight excluding hydrogens is 352 g/mol. The second-order valence-corrected chi connectivity index (χ2v) is 7.33. The maximum absolute atomic E-state index is 13.1. The zero-order valence-corrected chi connectivity index (χ0v) is 15.2. The smallest absolute Gasteiger partial charge is 0.264 e. The highest BCUT2D eigenvalue weighted by atomic mass is 32.2. The summed E-state index contributed by atoms with van der Waals surface area (Å²) in [7, 11) is -2.67. The Labute approximate surface area is 152 Å². The van der Waals surface area contributed by atoms with Crippen molar-refractivity contribution >= 4 is 27.4 Å². The Balaban J connectivity index is 2.60. The van der Waals surface area contributed by atoms with Crippen LogP contribution in [0.2, 0.25) is 0 Å². The van der Waals surface area contributed by atoms with Gasteiger partial charge >= 0.3 is 0 Å². The molecule has 1 amide bonds. The highest BCUT2D eigenvalue weighted by Crippen LogP contribution is 2.25. The van der Waals surface area contributed by atoms with Crippen molar-refractivity contribution in [1.29, 1.82) is 0 Å². The van der Waals surface area contributed by atoms with Gasteiger partial charge in [-0.2, -0.15) is 0 Å². The number of terminal acetylenes is 1. The van der Waals surface area contributed by atoms with E-state index in [1.165, 1.54) is 44.3 Å². The number of anilines is 1. The van der Waals surface area contributed by atoms with Gasteiger partial charge in [0.05, 0.1) is 10.6 Å². The molecule has 0 saturated heterocycles. The summed E-state index contributed by atoms with van der Waals surface area (Å²) in [5.41, 5.74) is 1.01. The number of Topliss-reactive ketones (excluding diaryl/α,β-unsaturated/α-hetero) is 1. The van der Waals surface area contributed by atoms with Crippen LogP contribution < -0.4 is 9.62 Å². The number of ketones is 1. The molecular formula is C19H18N2O4S. The van der Waals surface area contributed by atoms with Crippen LogP contribution >= 0.6 is 0 Å². The molecule has 0 bridgehead atoms. The Morgan fingerprint density at radius 2 is 1.85 bits per heavy atom. The van der Waals surface area contributed by atoms with Crippen LogP contribution in [-0.2, 0) is 14.8 Å². The van der Waals surface area contributed by atoms with Crippen molar-refractivity contribution in [2.24, 2.45) is 0 Å². The second-order valence-electron chi connectivity index (χ2n) is 5.46. The molecule has 0 aliphatic heterocycles. The van der Waals surface area contributed by atoms with E-state index in [0.29, 0.717) is 5.56 Å². The Bertz CT molecular complexity index is 991. The summed E-state index contributed by atoms with van der Waals surface area (Å²) >= 11 is 0. The van der Waals surface area contributed by atoms with Gasteiger partial charge in [-0.15, -0.1) is 6.42 Å². The van der Waals surface area contributed by atoms with Gasteiger partial charge in [0.15, 0.2) is 5.78 Å². The number of hydrogen-bond acceptors (Lipinski definition) is 4. The van der Waals surface area contributed by atoms with Gasteiger partial charge in [-0.25, -0.2) is 8.42 Å². The third-order valence-corrected chi connectivity index (χ3v) is 5.47. The van der Waals surface area contributed by atoms with E-state index in [0.717, 1.165) is 4.31 Å². The summed E-state index contributed by atoms with van der Waals surface area (Å²) in [5, 5.41) is 2.41. The van der Waals surface area contributed by atoms with E-state index in [1.54, 1.807) is 18.2 Å². The Kier molecular flexibility index (Phi) is 5.80. The van der Waals surface area contributed by atoms with E-state index in [4.69, 9.17) is 6.42 Å². The van der Waals surface area contributed by atoms with Gasteiger partial charge in [-0.3, -0.25) is 13.9 Å². The molecule has 2 aromatic carbocycles. The Hall–Kier alpha value is -3.11. The number of amides is 1. The van der Waals surface area contributed by atoms with E-state index in [-0.39, 0.29) is 21.9 Å². The fourth-order valence-electron chi connectivity index (χ4n) is 2.28. The first kappa shape index (κ1) is 19.2. The Morgan fingerprint density at radius 3 is 2.46 bits per heavy atom. The van der Waals surface area contributed by atoms with Gasteiger partial charge in [-0.1, -0.05) is 24.1 Å². The molecule has 0 radical (unpaired) electrons. The van der Waals surface area contributed by atoms with Crippen LogP contribution in [-0.4, -0.2) is 33.7 Å². The van der Waals surface area contributed by atoms with Crippen molar-refractivity contribution in [2.45, 2.75) is 11.8 Å². The van der Waals surface area contributed by atoms with E-state index >= 15 is 0 Å². The topological polar surface area (TPSA) is 83.6 Å². The summed E-state index contributed by atoms with van der Waals surface area (Å²) in [6, 6.07) is 12.0. The SMILES string of the molecule is C#Cc1cccc(N(CC(=O)NC)S(=O)(=O)c2cccc(C(C)=O)c2)c1.